The van der Waals surface area contributed by atoms with E-state index in [0.717, 1.165) is 89.0 Å². The second kappa shape index (κ2) is 53.0. The van der Waals surface area contributed by atoms with Gasteiger partial charge in [0.05, 0.1) is 5.92 Å². The van der Waals surface area contributed by atoms with Crippen LogP contribution >= 0.6 is 0 Å². The van der Waals surface area contributed by atoms with Crippen molar-refractivity contribution in [3.8, 4) is 0 Å². The van der Waals surface area contributed by atoms with Gasteiger partial charge in [-0.3, -0.25) is 14.4 Å². The molecule has 0 aromatic carbocycles. The van der Waals surface area contributed by atoms with Crippen LogP contribution in [0.2, 0.25) is 0 Å². The largest absolute Gasteiger partial charge is 0.461 e. The highest BCUT2D eigenvalue weighted by atomic mass is 16.5. The predicted molar refractivity (Wildman–Crippen MR) is 306 cm³/mol. The summed E-state index contributed by atoms with van der Waals surface area (Å²) in [6, 6.07) is 0. The summed E-state index contributed by atoms with van der Waals surface area (Å²) in [6.07, 6.45) is 63.1. The van der Waals surface area contributed by atoms with Crippen LogP contribution in [0.5, 0.6) is 0 Å². The van der Waals surface area contributed by atoms with Crippen molar-refractivity contribution >= 4 is 17.5 Å². The average molecular weight is 980 g/mol. The van der Waals surface area contributed by atoms with E-state index in [0.29, 0.717) is 19.3 Å². The average Bonchev–Trinajstić information content (AvgIpc) is 3.35. The van der Waals surface area contributed by atoms with Gasteiger partial charge in [0.25, 0.3) is 0 Å². The number of esters is 1. The molecule has 5 heteroatoms. The lowest BCUT2D eigenvalue weighted by molar-refractivity contribution is -0.160. The number of ether oxygens (including phenoxy) is 1. The third-order valence-corrected chi connectivity index (χ3v) is 14.8. The summed E-state index contributed by atoms with van der Waals surface area (Å²) in [4.78, 5) is 40.7. The number of hydrogen-bond donors (Lipinski definition) is 1. The summed E-state index contributed by atoms with van der Waals surface area (Å²) in [7, 11) is 0. The Morgan fingerprint density at radius 2 is 0.757 bits per heavy atom. The maximum atomic E-state index is 13.6. The van der Waals surface area contributed by atoms with Crippen LogP contribution in [-0.2, 0) is 19.1 Å². The van der Waals surface area contributed by atoms with Crippen LogP contribution in [0.3, 0.4) is 0 Å². The SMILES string of the molecule is C=C(CCCCCCC/C=C\CCCCCCCC)CC([C@H](C)CO)[C@H](OC(=O)CCCCCCC/C=C\CCCCCCCC)[C@@H](CC(=O)CCCCCCC/C=C\CCCCCCCC)C(C)=O. The second-order valence-electron chi connectivity index (χ2n) is 21.7. The molecule has 5 nitrogen and oxygen atoms in total. The van der Waals surface area contributed by atoms with Crippen LogP contribution in [0.1, 0.15) is 317 Å². The molecule has 0 radical (unpaired) electrons. The van der Waals surface area contributed by atoms with E-state index in [1.54, 1.807) is 6.92 Å². The lowest BCUT2D eigenvalue weighted by Gasteiger charge is -2.35. The molecule has 0 fully saturated rings. The fourth-order valence-corrected chi connectivity index (χ4v) is 9.91. The standard InChI is InChI=1S/C65H118O5/c1-7-10-13-16-19-22-25-28-31-34-37-40-43-46-49-52-58(4)55-62(59(5)57-66)65(70-64(69)54-51-48-45-42-39-36-33-30-27-24-21-18-15-12-9-3)63(60(6)67)56-61(68)53-50-47-44-41-38-35-32-29-26-23-20-17-14-11-8-2/h28-33,59,62-63,65-66H,4,7-27,34-57H2,1-3,5-6H3/b31-28-,32-29-,33-30-/t59-,62?,63+,65+/m1/s1. The molecule has 408 valence electrons. The third kappa shape index (κ3) is 44.4. The molecular weight excluding hydrogens is 861 g/mol. The Morgan fingerprint density at radius 1 is 0.443 bits per heavy atom. The number of Topliss-reactive ketones (excluding diaryl/α,β-unsaturated/α-hetero) is 2. The lowest BCUT2D eigenvalue weighted by atomic mass is 9.75. The number of carbonyl (C=O) groups excluding carboxylic acids is 3. The number of unbranched alkanes of at least 4 members (excludes halogenated alkanes) is 33. The number of aliphatic hydroxyl groups excluding tert-OH is 1. The van der Waals surface area contributed by atoms with E-state index in [9.17, 15) is 19.5 Å². The number of carbonyl (C=O) groups is 3. The Bertz CT molecular complexity index is 1280. The molecule has 0 aromatic rings. The summed E-state index contributed by atoms with van der Waals surface area (Å²) in [5, 5.41) is 10.5. The predicted octanol–water partition coefficient (Wildman–Crippen LogP) is 20.4. The number of hydrogen-bond acceptors (Lipinski definition) is 5. The van der Waals surface area contributed by atoms with Crippen molar-refractivity contribution in [1.29, 1.82) is 0 Å². The summed E-state index contributed by atoms with van der Waals surface area (Å²) >= 11 is 0. The highest BCUT2D eigenvalue weighted by Crippen LogP contribution is 2.34. The van der Waals surface area contributed by atoms with Gasteiger partial charge >= 0.3 is 5.97 Å². The molecule has 0 spiro atoms. The number of ketones is 2. The number of rotatable bonds is 55. The van der Waals surface area contributed by atoms with Crippen LogP contribution in [0.25, 0.3) is 0 Å². The van der Waals surface area contributed by atoms with Gasteiger partial charge < -0.3 is 9.84 Å². The Kier molecular flexibility index (Phi) is 51.3. The Balaban J connectivity index is 5.21. The quantitative estimate of drug-likeness (QED) is 0.0373. The molecule has 0 aromatic heterocycles. The fourth-order valence-electron chi connectivity index (χ4n) is 9.91. The van der Waals surface area contributed by atoms with E-state index < -0.39 is 12.0 Å². The molecule has 0 aliphatic rings. The minimum absolute atomic E-state index is 0.0682. The zero-order valence-corrected chi connectivity index (χ0v) is 47.4. The minimum Gasteiger partial charge on any atom is -0.461 e. The summed E-state index contributed by atoms with van der Waals surface area (Å²) < 4.78 is 6.36. The van der Waals surface area contributed by atoms with E-state index >= 15 is 0 Å². The van der Waals surface area contributed by atoms with Crippen molar-refractivity contribution in [3.63, 3.8) is 0 Å². The fraction of sp³-hybridized carbons (Fsp3) is 0.831. The molecule has 0 saturated carbocycles. The zero-order valence-electron chi connectivity index (χ0n) is 47.4. The molecule has 4 atom stereocenters. The van der Waals surface area contributed by atoms with Crippen molar-refractivity contribution in [2.45, 2.75) is 323 Å². The van der Waals surface area contributed by atoms with Gasteiger partial charge in [-0.05, 0) is 122 Å². The molecule has 0 saturated heterocycles. The van der Waals surface area contributed by atoms with Gasteiger partial charge in [-0.2, -0.15) is 0 Å². The van der Waals surface area contributed by atoms with Gasteiger partial charge in [0.15, 0.2) is 0 Å². The Morgan fingerprint density at radius 3 is 1.10 bits per heavy atom. The molecule has 0 amide bonds. The van der Waals surface area contributed by atoms with E-state index in [1.807, 2.05) is 6.92 Å². The Hall–Kier alpha value is -2.27. The third-order valence-electron chi connectivity index (χ3n) is 14.8. The molecule has 1 unspecified atom stereocenters. The van der Waals surface area contributed by atoms with Crippen LogP contribution in [-0.4, -0.2) is 35.4 Å². The van der Waals surface area contributed by atoms with Gasteiger partial charge in [-0.15, -0.1) is 0 Å². The lowest BCUT2D eigenvalue weighted by Crippen LogP contribution is -2.42. The first kappa shape index (κ1) is 67.7. The zero-order chi connectivity index (χ0) is 51.4. The molecule has 1 N–H and O–H groups in total. The Labute approximate surface area is 436 Å². The normalized spacial score (nSPS) is 13.7. The van der Waals surface area contributed by atoms with E-state index in [4.69, 9.17) is 4.74 Å². The summed E-state index contributed by atoms with van der Waals surface area (Å²) in [5.41, 5.74) is 1.07. The molecule has 0 bridgehead atoms. The van der Waals surface area contributed by atoms with Crippen molar-refractivity contribution in [3.05, 3.63) is 48.6 Å². The monoisotopic (exact) mass is 979 g/mol. The summed E-state index contributed by atoms with van der Waals surface area (Å²) in [5.74, 6) is -1.57. The molecule has 0 heterocycles. The smallest absolute Gasteiger partial charge is 0.306 e. The van der Waals surface area contributed by atoms with Gasteiger partial charge in [0.2, 0.25) is 0 Å². The minimum atomic E-state index is -0.765. The van der Waals surface area contributed by atoms with Crippen molar-refractivity contribution in [2.75, 3.05) is 6.61 Å². The van der Waals surface area contributed by atoms with Gasteiger partial charge in [-0.25, -0.2) is 0 Å². The van der Waals surface area contributed by atoms with Crippen molar-refractivity contribution in [1.82, 2.24) is 0 Å². The molecule has 0 rings (SSSR count). The van der Waals surface area contributed by atoms with Crippen LogP contribution < -0.4 is 0 Å². The molecule has 70 heavy (non-hydrogen) atoms. The number of allylic oxidation sites excluding steroid dienone is 7. The van der Waals surface area contributed by atoms with Gasteiger partial charge in [-0.1, -0.05) is 230 Å². The molecular formula is C65H118O5. The van der Waals surface area contributed by atoms with E-state index in [2.05, 4.69) is 63.8 Å². The first-order chi connectivity index (χ1) is 34.2. The van der Waals surface area contributed by atoms with Crippen LogP contribution in [0.4, 0.5) is 0 Å². The van der Waals surface area contributed by atoms with Crippen LogP contribution in [0.15, 0.2) is 48.6 Å². The highest BCUT2D eigenvalue weighted by molar-refractivity contribution is 5.87. The van der Waals surface area contributed by atoms with Gasteiger partial charge in [0.1, 0.15) is 17.7 Å². The highest BCUT2D eigenvalue weighted by Gasteiger charge is 2.39. The summed E-state index contributed by atoms with van der Waals surface area (Å²) in [6.45, 7) is 14.7. The van der Waals surface area contributed by atoms with E-state index in [1.165, 1.54) is 173 Å². The maximum absolute atomic E-state index is 13.6. The maximum Gasteiger partial charge on any atom is 0.306 e. The van der Waals surface area contributed by atoms with Crippen LogP contribution in [0, 0.1) is 17.8 Å². The molecule has 0 aliphatic carbocycles. The van der Waals surface area contributed by atoms with Crippen molar-refractivity contribution in [2.24, 2.45) is 17.8 Å². The van der Waals surface area contributed by atoms with E-state index in [-0.39, 0.29) is 42.4 Å². The first-order valence-corrected chi connectivity index (χ1v) is 30.7. The molecule has 0 aliphatic heterocycles. The van der Waals surface area contributed by atoms with Crippen molar-refractivity contribution < 1.29 is 24.2 Å². The van der Waals surface area contributed by atoms with Gasteiger partial charge in [0, 0.05) is 31.8 Å². The number of aliphatic hydroxyl groups is 1. The topological polar surface area (TPSA) is 80.7 Å². The first-order valence-electron chi connectivity index (χ1n) is 30.7. The second-order valence-corrected chi connectivity index (χ2v) is 21.7.